The normalized spacial score (nSPS) is 12.6. The van der Waals surface area contributed by atoms with E-state index in [-0.39, 0.29) is 5.91 Å². The molecule has 0 atom stereocenters. The summed E-state index contributed by atoms with van der Waals surface area (Å²) in [5, 5.41) is 7.69. The molecular weight excluding hydrogens is 356 g/mol. The average Bonchev–Trinajstić information content (AvgIpc) is 2.70. The number of benzene rings is 3. The molecule has 0 bridgehead atoms. The lowest BCUT2D eigenvalue weighted by molar-refractivity contribution is 0.0955. The van der Waals surface area contributed by atoms with Crippen LogP contribution >= 0.6 is 11.8 Å². The molecule has 0 saturated carbocycles. The van der Waals surface area contributed by atoms with Crippen molar-refractivity contribution in [3.8, 4) is 0 Å². The Morgan fingerprint density at radius 1 is 0.963 bits per heavy atom. The maximum Gasteiger partial charge on any atom is 0.271 e. The molecule has 6 heteroatoms. The molecule has 1 heterocycles. The number of fused-ring (bicyclic) bond motifs is 2. The molecule has 1 aliphatic rings. The molecule has 0 aromatic heterocycles. The number of nitrogens with two attached hydrogens (primary N) is 1. The second kappa shape index (κ2) is 7.17. The second-order valence-corrected chi connectivity index (χ2v) is 7.28. The SMILES string of the molecule is C/C(=N/NC(=O)c1ccc(N)cc1)c1ccc2c(c1)Nc1ccccc1S2. The number of hydrogen-bond acceptors (Lipinski definition) is 5. The van der Waals surface area contributed by atoms with Gasteiger partial charge in [0.05, 0.1) is 17.1 Å². The summed E-state index contributed by atoms with van der Waals surface area (Å²) in [4.78, 5) is 14.6. The van der Waals surface area contributed by atoms with Crippen LogP contribution in [0.25, 0.3) is 0 Å². The predicted molar refractivity (Wildman–Crippen MR) is 111 cm³/mol. The van der Waals surface area contributed by atoms with Crippen LogP contribution in [0.3, 0.4) is 0 Å². The molecule has 0 fully saturated rings. The van der Waals surface area contributed by atoms with Crippen molar-refractivity contribution in [2.75, 3.05) is 11.1 Å². The van der Waals surface area contributed by atoms with Gasteiger partial charge in [-0.05, 0) is 61.0 Å². The first-order valence-electron chi connectivity index (χ1n) is 8.49. The number of hydrazone groups is 1. The molecular formula is C21H18N4OS. The number of nitrogens with one attached hydrogen (secondary N) is 2. The molecule has 3 aromatic rings. The smallest absolute Gasteiger partial charge is 0.271 e. The minimum absolute atomic E-state index is 0.269. The molecule has 3 aromatic carbocycles. The average molecular weight is 374 g/mol. The number of nitrogen functional groups attached to an aromatic ring is 1. The highest BCUT2D eigenvalue weighted by Crippen LogP contribution is 2.44. The Morgan fingerprint density at radius 3 is 2.48 bits per heavy atom. The number of hydrogen-bond donors (Lipinski definition) is 3. The van der Waals surface area contributed by atoms with Crippen molar-refractivity contribution in [1.29, 1.82) is 0 Å². The van der Waals surface area contributed by atoms with E-state index < -0.39 is 0 Å². The Morgan fingerprint density at radius 2 is 1.67 bits per heavy atom. The molecule has 4 N–H and O–H groups in total. The minimum atomic E-state index is -0.269. The van der Waals surface area contributed by atoms with E-state index in [2.05, 4.69) is 34.0 Å². The van der Waals surface area contributed by atoms with Crippen molar-refractivity contribution in [2.45, 2.75) is 16.7 Å². The van der Waals surface area contributed by atoms with Crippen LogP contribution in [-0.2, 0) is 0 Å². The van der Waals surface area contributed by atoms with Crippen LogP contribution < -0.4 is 16.5 Å². The van der Waals surface area contributed by atoms with Crippen LogP contribution in [0.1, 0.15) is 22.8 Å². The number of carbonyl (C=O) groups is 1. The van der Waals surface area contributed by atoms with Gasteiger partial charge in [0, 0.05) is 21.0 Å². The van der Waals surface area contributed by atoms with Gasteiger partial charge >= 0.3 is 0 Å². The van der Waals surface area contributed by atoms with Gasteiger partial charge in [-0.3, -0.25) is 4.79 Å². The summed E-state index contributed by atoms with van der Waals surface area (Å²) in [6.07, 6.45) is 0. The topological polar surface area (TPSA) is 79.5 Å². The van der Waals surface area contributed by atoms with Gasteiger partial charge in [0.25, 0.3) is 5.91 Å². The van der Waals surface area contributed by atoms with E-state index in [0.29, 0.717) is 11.3 Å². The molecule has 0 aliphatic carbocycles. The first-order chi connectivity index (χ1) is 13.1. The van der Waals surface area contributed by atoms with Gasteiger partial charge in [-0.1, -0.05) is 30.0 Å². The van der Waals surface area contributed by atoms with Crippen LogP contribution in [0.2, 0.25) is 0 Å². The fourth-order valence-electron chi connectivity index (χ4n) is 2.76. The third-order valence-electron chi connectivity index (χ3n) is 4.27. The van der Waals surface area contributed by atoms with Crippen molar-refractivity contribution < 1.29 is 4.79 Å². The van der Waals surface area contributed by atoms with Crippen molar-refractivity contribution in [2.24, 2.45) is 5.10 Å². The zero-order valence-corrected chi connectivity index (χ0v) is 15.5. The van der Waals surface area contributed by atoms with Crippen molar-refractivity contribution in [3.05, 3.63) is 77.9 Å². The first-order valence-corrected chi connectivity index (χ1v) is 9.30. The zero-order chi connectivity index (χ0) is 18.8. The monoisotopic (exact) mass is 374 g/mol. The zero-order valence-electron chi connectivity index (χ0n) is 14.7. The summed E-state index contributed by atoms with van der Waals surface area (Å²) in [6, 6.07) is 21.1. The molecule has 134 valence electrons. The van der Waals surface area contributed by atoms with Gasteiger partial charge < -0.3 is 11.1 Å². The molecule has 0 unspecified atom stereocenters. The lowest BCUT2D eigenvalue weighted by Gasteiger charge is -2.21. The molecule has 0 saturated heterocycles. The molecule has 0 spiro atoms. The van der Waals surface area contributed by atoms with E-state index in [1.54, 1.807) is 36.0 Å². The van der Waals surface area contributed by atoms with Crippen LogP contribution in [0, 0.1) is 0 Å². The molecule has 5 nitrogen and oxygen atoms in total. The summed E-state index contributed by atoms with van der Waals surface area (Å²) in [7, 11) is 0. The molecule has 1 amide bonds. The van der Waals surface area contributed by atoms with Crippen LogP contribution in [-0.4, -0.2) is 11.6 Å². The standard InChI is InChI=1S/C21H18N4OS/c1-13(24-25-21(26)14-6-9-16(22)10-7-14)15-8-11-20-18(12-15)23-17-4-2-3-5-19(17)27-20/h2-12,23H,22H2,1H3,(H,25,26)/b24-13-. The van der Waals surface area contributed by atoms with E-state index in [9.17, 15) is 4.79 Å². The lowest BCUT2D eigenvalue weighted by atomic mass is 10.1. The molecule has 4 rings (SSSR count). The van der Waals surface area contributed by atoms with Gasteiger partial charge in [0.2, 0.25) is 0 Å². The molecule has 1 aliphatic heterocycles. The van der Waals surface area contributed by atoms with Crippen molar-refractivity contribution in [3.63, 3.8) is 0 Å². The highest BCUT2D eigenvalue weighted by Gasteiger charge is 2.16. The number of anilines is 3. The van der Waals surface area contributed by atoms with Gasteiger partial charge in [0.15, 0.2) is 0 Å². The highest BCUT2D eigenvalue weighted by atomic mass is 32.2. The number of rotatable bonds is 3. The minimum Gasteiger partial charge on any atom is -0.399 e. The van der Waals surface area contributed by atoms with E-state index in [4.69, 9.17) is 5.73 Å². The quantitative estimate of drug-likeness (QED) is 0.277. The number of carbonyl (C=O) groups excluding carboxylic acids is 1. The number of nitrogens with zero attached hydrogens (tertiary/aromatic N) is 1. The first kappa shape index (κ1) is 17.2. The summed E-state index contributed by atoms with van der Waals surface area (Å²) in [6.45, 7) is 1.87. The summed E-state index contributed by atoms with van der Waals surface area (Å²) in [5.41, 5.74) is 13.2. The molecule has 27 heavy (non-hydrogen) atoms. The van der Waals surface area contributed by atoms with Gasteiger partial charge in [-0.2, -0.15) is 5.10 Å². The van der Waals surface area contributed by atoms with E-state index in [0.717, 1.165) is 27.5 Å². The van der Waals surface area contributed by atoms with E-state index in [1.165, 1.54) is 4.90 Å². The number of amides is 1. The fraction of sp³-hybridized carbons (Fsp3) is 0.0476. The van der Waals surface area contributed by atoms with Crippen molar-refractivity contribution in [1.82, 2.24) is 5.43 Å². The van der Waals surface area contributed by atoms with Gasteiger partial charge in [0.1, 0.15) is 0 Å². The van der Waals surface area contributed by atoms with Gasteiger partial charge in [-0.15, -0.1) is 0 Å². The van der Waals surface area contributed by atoms with Crippen LogP contribution in [0.4, 0.5) is 17.1 Å². The summed E-state index contributed by atoms with van der Waals surface area (Å²) >= 11 is 1.74. The molecule has 0 radical (unpaired) electrons. The Labute approximate surface area is 161 Å². The largest absolute Gasteiger partial charge is 0.399 e. The van der Waals surface area contributed by atoms with Crippen LogP contribution in [0.5, 0.6) is 0 Å². The summed E-state index contributed by atoms with van der Waals surface area (Å²) in [5.74, 6) is -0.269. The lowest BCUT2D eigenvalue weighted by Crippen LogP contribution is -2.19. The fourth-order valence-corrected chi connectivity index (χ4v) is 3.73. The predicted octanol–water partition coefficient (Wildman–Crippen LogP) is 4.63. The second-order valence-electron chi connectivity index (χ2n) is 6.19. The Balaban J connectivity index is 1.51. The number of para-hydroxylation sites is 1. The summed E-state index contributed by atoms with van der Waals surface area (Å²) < 4.78 is 0. The third kappa shape index (κ3) is 3.66. The third-order valence-corrected chi connectivity index (χ3v) is 5.42. The maximum atomic E-state index is 12.2. The Kier molecular flexibility index (Phi) is 4.56. The van der Waals surface area contributed by atoms with Gasteiger partial charge in [-0.25, -0.2) is 5.43 Å². The maximum absolute atomic E-state index is 12.2. The highest BCUT2D eigenvalue weighted by molar-refractivity contribution is 7.99. The van der Waals surface area contributed by atoms with Crippen molar-refractivity contribution >= 4 is 40.4 Å². The van der Waals surface area contributed by atoms with E-state index in [1.807, 2.05) is 31.2 Å². The van der Waals surface area contributed by atoms with E-state index >= 15 is 0 Å². The Hall–Kier alpha value is -3.25. The van der Waals surface area contributed by atoms with Crippen LogP contribution in [0.15, 0.2) is 81.6 Å². The Bertz CT molecular complexity index is 1040.